The van der Waals surface area contributed by atoms with Crippen molar-refractivity contribution >= 4 is 17.6 Å². The van der Waals surface area contributed by atoms with Crippen LogP contribution < -0.4 is 4.74 Å². The largest absolute Gasteiger partial charge is 0.493 e. The molecule has 0 amide bonds. The molecule has 0 bridgehead atoms. The lowest BCUT2D eigenvalue weighted by Gasteiger charge is -2.25. The number of aliphatic carboxylic acids is 1. The Balaban J connectivity index is 1.88. The summed E-state index contributed by atoms with van der Waals surface area (Å²) in [5, 5.41) is 7.93. The van der Waals surface area contributed by atoms with Crippen LogP contribution in [0.5, 0.6) is 5.75 Å². The van der Waals surface area contributed by atoms with Gasteiger partial charge in [-0.2, -0.15) is 0 Å². The van der Waals surface area contributed by atoms with Gasteiger partial charge in [-0.3, -0.25) is 4.79 Å². The Hall–Kier alpha value is -2.00. The van der Waals surface area contributed by atoms with Gasteiger partial charge in [0.15, 0.2) is 0 Å². The third-order valence-corrected chi connectivity index (χ3v) is 4.10. The second kappa shape index (κ2) is 8.20. The molecule has 4 heteroatoms. The third-order valence-electron chi connectivity index (χ3n) is 3.76. The Bertz CT molecular complexity index is 650. The van der Waals surface area contributed by atoms with Crippen molar-refractivity contribution in [2.45, 2.75) is 32.1 Å². The van der Waals surface area contributed by atoms with E-state index in [-0.39, 0.29) is 5.41 Å². The van der Waals surface area contributed by atoms with Crippen LogP contribution in [0.3, 0.4) is 0 Å². The molecule has 0 fully saturated rings. The number of hydrogen-bond donors (Lipinski definition) is 1. The van der Waals surface area contributed by atoms with Crippen LogP contribution in [0, 0.1) is 5.41 Å². The zero-order valence-corrected chi connectivity index (χ0v) is 14.8. The topological polar surface area (TPSA) is 46.5 Å². The molecule has 1 N–H and O–H groups in total. The number of halogens is 1. The summed E-state index contributed by atoms with van der Waals surface area (Å²) in [6.07, 6.45) is 1.25. The highest BCUT2D eigenvalue weighted by Crippen LogP contribution is 2.24. The molecule has 0 aliphatic rings. The van der Waals surface area contributed by atoms with Crippen LogP contribution in [-0.4, -0.2) is 23.1 Å². The molecule has 0 aliphatic carbocycles. The molecule has 0 aliphatic heterocycles. The van der Waals surface area contributed by atoms with Crippen molar-refractivity contribution in [3.05, 3.63) is 65.7 Å². The fourth-order valence-corrected chi connectivity index (χ4v) is 2.67. The summed E-state index contributed by atoms with van der Waals surface area (Å²) in [6.45, 7) is 4.97. The van der Waals surface area contributed by atoms with E-state index in [1.165, 1.54) is 5.56 Å². The van der Waals surface area contributed by atoms with Gasteiger partial charge in [0.05, 0.1) is 6.61 Å². The molecule has 1 atom stereocenters. The highest BCUT2D eigenvalue weighted by atomic mass is 35.5. The average molecular weight is 347 g/mol. The number of ether oxygens (including phenoxy) is 1. The number of carboxylic acid groups (broad SMARTS) is 1. The lowest BCUT2D eigenvalue weighted by molar-refractivity contribution is -0.136. The quantitative estimate of drug-likeness (QED) is 0.712. The summed E-state index contributed by atoms with van der Waals surface area (Å²) in [4.78, 5) is 10.8. The fourth-order valence-electron chi connectivity index (χ4n) is 2.49. The van der Waals surface area contributed by atoms with Gasteiger partial charge >= 0.3 is 5.97 Å². The van der Waals surface area contributed by atoms with Gasteiger partial charge in [-0.15, -0.1) is 11.6 Å². The van der Waals surface area contributed by atoms with Crippen molar-refractivity contribution in [3.8, 4) is 5.75 Å². The minimum absolute atomic E-state index is 0.0184. The van der Waals surface area contributed by atoms with Crippen LogP contribution in [0.25, 0.3) is 0 Å². The predicted octanol–water partition coefficient (Wildman–Crippen LogP) is 4.57. The maximum atomic E-state index is 10.8. The zero-order valence-electron chi connectivity index (χ0n) is 14.0. The van der Waals surface area contributed by atoms with Gasteiger partial charge in [-0.1, -0.05) is 56.3 Å². The SMILES string of the molecule is CC(C)(COc1ccc(CC(Cl)C(=O)O)cc1)Cc1ccccc1. The van der Waals surface area contributed by atoms with E-state index in [4.69, 9.17) is 21.4 Å². The van der Waals surface area contributed by atoms with Crippen LogP contribution in [0.2, 0.25) is 0 Å². The second-order valence-electron chi connectivity index (χ2n) is 6.77. The van der Waals surface area contributed by atoms with Gasteiger partial charge in [-0.25, -0.2) is 0 Å². The molecule has 0 aromatic heterocycles. The third kappa shape index (κ3) is 5.89. The van der Waals surface area contributed by atoms with Crippen molar-refractivity contribution < 1.29 is 14.6 Å². The van der Waals surface area contributed by atoms with Gasteiger partial charge in [-0.05, 0) is 36.1 Å². The van der Waals surface area contributed by atoms with E-state index in [1.807, 2.05) is 42.5 Å². The van der Waals surface area contributed by atoms with Gasteiger partial charge in [0.25, 0.3) is 0 Å². The summed E-state index contributed by atoms with van der Waals surface area (Å²) in [5.41, 5.74) is 2.20. The molecule has 0 saturated heterocycles. The smallest absolute Gasteiger partial charge is 0.321 e. The van der Waals surface area contributed by atoms with Gasteiger partial charge in [0, 0.05) is 5.41 Å². The monoisotopic (exact) mass is 346 g/mol. The van der Waals surface area contributed by atoms with E-state index in [9.17, 15) is 4.79 Å². The molecule has 0 saturated carbocycles. The highest BCUT2D eigenvalue weighted by Gasteiger charge is 2.20. The molecule has 2 aromatic carbocycles. The minimum Gasteiger partial charge on any atom is -0.493 e. The molecular weight excluding hydrogens is 324 g/mol. The Labute approximate surface area is 148 Å². The van der Waals surface area contributed by atoms with Gasteiger partial charge in [0.1, 0.15) is 11.1 Å². The van der Waals surface area contributed by atoms with Crippen molar-refractivity contribution in [2.75, 3.05) is 6.61 Å². The van der Waals surface area contributed by atoms with E-state index in [0.29, 0.717) is 13.0 Å². The molecule has 1 unspecified atom stereocenters. The summed E-state index contributed by atoms with van der Waals surface area (Å²) < 4.78 is 5.90. The van der Waals surface area contributed by atoms with E-state index < -0.39 is 11.3 Å². The molecule has 0 heterocycles. The zero-order chi connectivity index (χ0) is 17.6. The Morgan fingerprint density at radius 3 is 2.29 bits per heavy atom. The molecular formula is C20H23ClO3. The normalized spacial score (nSPS) is 12.6. The number of carbonyl (C=O) groups is 1. The van der Waals surface area contributed by atoms with Crippen molar-refractivity contribution in [2.24, 2.45) is 5.41 Å². The Morgan fingerprint density at radius 2 is 1.71 bits per heavy atom. The summed E-state index contributed by atoms with van der Waals surface area (Å²) >= 11 is 5.76. The van der Waals surface area contributed by atoms with Crippen molar-refractivity contribution in [1.82, 2.24) is 0 Å². The molecule has 0 spiro atoms. The first-order valence-electron chi connectivity index (χ1n) is 7.98. The molecule has 24 heavy (non-hydrogen) atoms. The molecule has 128 valence electrons. The standard InChI is InChI=1S/C20H23ClO3/c1-20(2,13-16-6-4-3-5-7-16)14-24-17-10-8-15(9-11-17)12-18(21)19(22)23/h3-11,18H,12-14H2,1-2H3,(H,22,23). The molecule has 0 radical (unpaired) electrons. The van der Waals surface area contributed by atoms with Crippen LogP contribution in [0.1, 0.15) is 25.0 Å². The fraction of sp³-hybridized carbons (Fsp3) is 0.350. The second-order valence-corrected chi connectivity index (χ2v) is 7.30. The maximum absolute atomic E-state index is 10.8. The van der Waals surface area contributed by atoms with Crippen LogP contribution >= 0.6 is 11.6 Å². The van der Waals surface area contributed by atoms with Gasteiger partial charge in [0.2, 0.25) is 0 Å². The Morgan fingerprint density at radius 1 is 1.08 bits per heavy atom. The molecule has 3 nitrogen and oxygen atoms in total. The number of carboxylic acids is 1. The number of hydrogen-bond acceptors (Lipinski definition) is 2. The highest BCUT2D eigenvalue weighted by molar-refractivity contribution is 6.29. The lowest BCUT2D eigenvalue weighted by Crippen LogP contribution is -2.24. The van der Waals surface area contributed by atoms with Crippen molar-refractivity contribution in [1.29, 1.82) is 0 Å². The average Bonchev–Trinajstić information content (AvgIpc) is 2.54. The summed E-state index contributed by atoms with van der Waals surface area (Å²) in [7, 11) is 0. The maximum Gasteiger partial charge on any atom is 0.321 e. The predicted molar refractivity (Wildman–Crippen MR) is 96.8 cm³/mol. The number of rotatable bonds is 8. The van der Waals surface area contributed by atoms with Crippen molar-refractivity contribution in [3.63, 3.8) is 0 Å². The summed E-state index contributed by atoms with van der Waals surface area (Å²) in [5.74, 6) is -0.221. The number of alkyl halides is 1. The van der Waals surface area contributed by atoms with E-state index >= 15 is 0 Å². The van der Waals surface area contributed by atoms with E-state index in [2.05, 4.69) is 26.0 Å². The molecule has 2 rings (SSSR count). The van der Waals surface area contributed by atoms with E-state index in [0.717, 1.165) is 17.7 Å². The Kier molecular flexibility index (Phi) is 6.27. The van der Waals surface area contributed by atoms with Gasteiger partial charge < -0.3 is 9.84 Å². The summed E-state index contributed by atoms with van der Waals surface area (Å²) in [6, 6.07) is 17.8. The minimum atomic E-state index is -1.00. The molecule has 2 aromatic rings. The van der Waals surface area contributed by atoms with E-state index in [1.54, 1.807) is 0 Å². The number of benzene rings is 2. The first-order valence-corrected chi connectivity index (χ1v) is 8.42. The van der Waals surface area contributed by atoms with Crippen LogP contribution in [-0.2, 0) is 17.6 Å². The first-order chi connectivity index (χ1) is 11.4. The van der Waals surface area contributed by atoms with Crippen LogP contribution in [0.4, 0.5) is 0 Å². The van der Waals surface area contributed by atoms with Crippen LogP contribution in [0.15, 0.2) is 54.6 Å². The lowest BCUT2D eigenvalue weighted by atomic mass is 9.87. The first kappa shape index (κ1) is 18.3.